The summed E-state index contributed by atoms with van der Waals surface area (Å²) in [5.41, 5.74) is 2.66. The van der Waals surface area contributed by atoms with E-state index in [9.17, 15) is 19.2 Å². The Morgan fingerprint density at radius 2 is 1.25 bits per heavy atom. The number of benzene rings is 1. The van der Waals surface area contributed by atoms with Crippen molar-refractivity contribution in [2.45, 2.75) is 177 Å². The molecule has 0 amide bonds. The first kappa shape index (κ1) is 43.7. The second kappa shape index (κ2) is 16.6. The summed E-state index contributed by atoms with van der Waals surface area (Å²) in [5, 5.41) is 0. The van der Waals surface area contributed by atoms with Crippen LogP contribution in [0.4, 0.5) is 0 Å². The molecule has 5 fully saturated rings. The lowest BCUT2D eigenvalue weighted by Gasteiger charge is -2.73. The highest BCUT2D eigenvalue weighted by atomic mass is 16.6. The number of esters is 4. The summed E-state index contributed by atoms with van der Waals surface area (Å²) in [7, 11) is 0. The van der Waals surface area contributed by atoms with Crippen molar-refractivity contribution in [3.63, 3.8) is 0 Å². The molecule has 318 valence electrons. The SMILES string of the molecule is CC(=O)O[C@@H]([C@H](COC(=O)Cc1ccccc1)OC(C)=O)[C@@H](CC[C@@H](C)[C@H]1CC[C@]2(C)[C@H]3CC[C@@H]4[C@@]5(C)CCCC(C)(C)[C@@H]5CC[C@@]4(C)[C@]3(C)CC[C@@H]12)OC(C)=O. The van der Waals surface area contributed by atoms with E-state index < -0.39 is 42.2 Å². The molecule has 0 bridgehead atoms. The van der Waals surface area contributed by atoms with Gasteiger partial charge in [-0.25, -0.2) is 0 Å². The van der Waals surface area contributed by atoms with Gasteiger partial charge in [-0.15, -0.1) is 0 Å². The predicted octanol–water partition coefficient (Wildman–Crippen LogP) is 10.5. The van der Waals surface area contributed by atoms with Crippen LogP contribution in [0.1, 0.15) is 158 Å². The maximum absolute atomic E-state index is 12.8. The summed E-state index contributed by atoms with van der Waals surface area (Å²) in [6, 6.07) is 9.21. The van der Waals surface area contributed by atoms with Crippen LogP contribution < -0.4 is 0 Å². The third kappa shape index (κ3) is 8.32. The number of ether oxygens (including phenoxy) is 4. The van der Waals surface area contributed by atoms with Crippen molar-refractivity contribution in [2.75, 3.05) is 6.61 Å². The van der Waals surface area contributed by atoms with Gasteiger partial charge in [0, 0.05) is 20.8 Å². The smallest absolute Gasteiger partial charge is 0.310 e. The molecule has 5 saturated carbocycles. The fourth-order valence-corrected chi connectivity index (χ4v) is 15.1. The van der Waals surface area contributed by atoms with Crippen LogP contribution in [0.3, 0.4) is 0 Å². The normalized spacial score (nSPS) is 37.4. The van der Waals surface area contributed by atoms with E-state index in [2.05, 4.69) is 48.5 Å². The number of fused-ring (bicyclic) bond motifs is 7. The van der Waals surface area contributed by atoms with E-state index in [1.54, 1.807) is 0 Å². The Balaban J connectivity index is 1.16. The molecule has 0 radical (unpaired) electrons. The maximum atomic E-state index is 12.8. The third-order valence-electron chi connectivity index (χ3n) is 17.7. The van der Waals surface area contributed by atoms with Gasteiger partial charge in [0.2, 0.25) is 0 Å². The number of carbonyl (C=O) groups excluding carboxylic acids is 4. The summed E-state index contributed by atoms with van der Waals surface area (Å²) in [5.74, 6) is 1.63. The van der Waals surface area contributed by atoms with Gasteiger partial charge in [-0.2, -0.15) is 0 Å². The number of hydrogen-bond acceptors (Lipinski definition) is 8. The Labute approximate surface area is 343 Å². The molecular formula is C49H74O8. The summed E-state index contributed by atoms with van der Waals surface area (Å²) < 4.78 is 22.9. The number of hydrogen-bond donors (Lipinski definition) is 0. The standard InChI is InChI=1S/C49H74O8/c1-31(17-18-38(55-32(2)50)44(57-34(4)52)39(56-33(3)51)30-54-43(53)29-35-15-12-11-13-16-35)36-21-26-46(7)37(36)22-27-48(9)41(46)19-20-42-47(8)25-14-24-45(5,6)40(47)23-28-49(42,48)10/h11-13,15-16,31,36-42,44H,14,17-30H2,1-10H3/t31-,36-,37+,38-,39+,40+,41-,42-,44-,46+,47+,48-,49-/m1/s1. The maximum Gasteiger partial charge on any atom is 0.310 e. The van der Waals surface area contributed by atoms with Gasteiger partial charge in [0.1, 0.15) is 12.7 Å². The van der Waals surface area contributed by atoms with Crippen LogP contribution in [0, 0.1) is 62.6 Å². The van der Waals surface area contributed by atoms with E-state index in [0.717, 1.165) is 29.7 Å². The molecule has 8 nitrogen and oxygen atoms in total. The lowest BCUT2D eigenvalue weighted by molar-refractivity contribution is -0.241. The summed E-state index contributed by atoms with van der Waals surface area (Å²) in [4.78, 5) is 50.2. The van der Waals surface area contributed by atoms with Crippen LogP contribution in [-0.2, 0) is 44.5 Å². The van der Waals surface area contributed by atoms with Crippen molar-refractivity contribution in [1.29, 1.82) is 0 Å². The second-order valence-corrected chi connectivity index (χ2v) is 21.1. The van der Waals surface area contributed by atoms with Crippen molar-refractivity contribution in [3.05, 3.63) is 35.9 Å². The highest BCUT2D eigenvalue weighted by molar-refractivity contribution is 5.72. The first-order valence-electron chi connectivity index (χ1n) is 22.5. The monoisotopic (exact) mass is 791 g/mol. The molecule has 0 heterocycles. The van der Waals surface area contributed by atoms with Crippen LogP contribution in [0.5, 0.6) is 0 Å². The molecule has 0 aliphatic heterocycles. The van der Waals surface area contributed by atoms with Gasteiger partial charge < -0.3 is 18.9 Å². The van der Waals surface area contributed by atoms with Crippen molar-refractivity contribution in [3.8, 4) is 0 Å². The van der Waals surface area contributed by atoms with Crippen LogP contribution >= 0.6 is 0 Å². The molecule has 1 aromatic rings. The molecule has 0 unspecified atom stereocenters. The van der Waals surface area contributed by atoms with Crippen LogP contribution in [-0.4, -0.2) is 48.8 Å². The molecule has 5 aliphatic rings. The first-order valence-corrected chi connectivity index (χ1v) is 22.5. The molecule has 0 spiro atoms. The van der Waals surface area contributed by atoms with Gasteiger partial charge >= 0.3 is 23.9 Å². The van der Waals surface area contributed by atoms with E-state index in [4.69, 9.17) is 18.9 Å². The molecule has 8 heteroatoms. The van der Waals surface area contributed by atoms with E-state index in [-0.39, 0.29) is 13.0 Å². The van der Waals surface area contributed by atoms with Crippen molar-refractivity contribution < 1.29 is 38.1 Å². The van der Waals surface area contributed by atoms with Gasteiger partial charge in [-0.1, -0.05) is 85.2 Å². The van der Waals surface area contributed by atoms with Crippen molar-refractivity contribution >= 4 is 23.9 Å². The van der Waals surface area contributed by atoms with Crippen LogP contribution in [0.15, 0.2) is 30.3 Å². The Kier molecular flexibility index (Phi) is 12.7. The predicted molar refractivity (Wildman–Crippen MR) is 221 cm³/mol. The number of carbonyl (C=O) groups is 4. The number of rotatable bonds is 13. The third-order valence-corrected chi connectivity index (χ3v) is 17.7. The molecule has 5 aliphatic carbocycles. The van der Waals surface area contributed by atoms with E-state index in [0.29, 0.717) is 51.2 Å². The molecule has 0 saturated heterocycles. The van der Waals surface area contributed by atoms with Crippen molar-refractivity contribution in [2.24, 2.45) is 62.6 Å². The summed E-state index contributed by atoms with van der Waals surface area (Å²) in [6.45, 7) is 21.8. The second-order valence-electron chi connectivity index (χ2n) is 21.1. The van der Waals surface area contributed by atoms with E-state index in [1.165, 1.54) is 91.4 Å². The van der Waals surface area contributed by atoms with Gasteiger partial charge in [-0.05, 0) is 145 Å². The zero-order chi connectivity index (χ0) is 41.6. The van der Waals surface area contributed by atoms with E-state index in [1.807, 2.05) is 30.3 Å². The van der Waals surface area contributed by atoms with Gasteiger partial charge in [0.15, 0.2) is 12.2 Å². The quantitative estimate of drug-likeness (QED) is 0.144. The Hall–Kier alpha value is -2.90. The first-order chi connectivity index (χ1) is 26.7. The molecule has 13 atom stereocenters. The Bertz CT molecular complexity index is 1620. The van der Waals surface area contributed by atoms with Gasteiger partial charge in [0.05, 0.1) is 6.42 Å². The fourth-order valence-electron chi connectivity index (χ4n) is 15.1. The van der Waals surface area contributed by atoms with Crippen LogP contribution in [0.25, 0.3) is 0 Å². The van der Waals surface area contributed by atoms with Crippen LogP contribution in [0.2, 0.25) is 0 Å². The Morgan fingerprint density at radius 3 is 1.88 bits per heavy atom. The van der Waals surface area contributed by atoms with Crippen molar-refractivity contribution in [1.82, 2.24) is 0 Å². The summed E-state index contributed by atoms with van der Waals surface area (Å²) >= 11 is 0. The highest BCUT2D eigenvalue weighted by Crippen LogP contribution is 2.78. The fraction of sp³-hybridized carbons (Fsp3) is 0.796. The summed E-state index contributed by atoms with van der Waals surface area (Å²) in [6.07, 6.45) is 12.7. The Morgan fingerprint density at radius 1 is 0.649 bits per heavy atom. The topological polar surface area (TPSA) is 105 Å². The zero-order valence-electron chi connectivity index (χ0n) is 37.0. The highest BCUT2D eigenvalue weighted by Gasteiger charge is 2.70. The lowest BCUT2D eigenvalue weighted by atomic mass is 9.32. The molecule has 6 rings (SSSR count). The molecule has 57 heavy (non-hydrogen) atoms. The molecule has 0 N–H and O–H groups in total. The molecule has 0 aromatic heterocycles. The molecule has 1 aromatic carbocycles. The zero-order valence-corrected chi connectivity index (χ0v) is 37.0. The van der Waals surface area contributed by atoms with E-state index >= 15 is 0 Å². The minimum absolute atomic E-state index is 0.0379. The lowest BCUT2D eigenvalue weighted by Crippen LogP contribution is -2.65. The van der Waals surface area contributed by atoms with Gasteiger partial charge in [-0.3, -0.25) is 19.2 Å². The largest absolute Gasteiger partial charge is 0.461 e. The minimum atomic E-state index is -1.15. The average Bonchev–Trinajstić information content (AvgIpc) is 3.48. The minimum Gasteiger partial charge on any atom is -0.461 e. The average molecular weight is 791 g/mol. The van der Waals surface area contributed by atoms with Gasteiger partial charge in [0.25, 0.3) is 0 Å². The molecular weight excluding hydrogens is 717 g/mol.